The van der Waals surface area contributed by atoms with Crippen molar-refractivity contribution < 1.29 is 9.21 Å². The van der Waals surface area contributed by atoms with Gasteiger partial charge in [-0.1, -0.05) is 12.1 Å². The van der Waals surface area contributed by atoms with Crippen molar-refractivity contribution in [3.8, 4) is 0 Å². The summed E-state index contributed by atoms with van der Waals surface area (Å²) < 4.78 is 6.99. The summed E-state index contributed by atoms with van der Waals surface area (Å²) in [4.78, 5) is 16.3. The molecule has 0 aliphatic rings. The highest BCUT2D eigenvalue weighted by atomic mass is 16.3. The molecule has 2 heterocycles. The lowest BCUT2D eigenvalue weighted by molar-refractivity contribution is 0.0951. The third kappa shape index (κ3) is 2.30. The van der Waals surface area contributed by atoms with E-state index in [1.165, 1.54) is 12.5 Å². The lowest BCUT2D eigenvalue weighted by Gasteiger charge is -2.07. The van der Waals surface area contributed by atoms with Gasteiger partial charge in [0.1, 0.15) is 12.1 Å². The summed E-state index contributed by atoms with van der Waals surface area (Å²) in [5.41, 5.74) is 2.60. The summed E-state index contributed by atoms with van der Waals surface area (Å²) in [6.45, 7) is 3.21. The maximum Gasteiger partial charge on any atom is 0.254 e. The van der Waals surface area contributed by atoms with Crippen molar-refractivity contribution in [1.29, 1.82) is 0 Å². The zero-order valence-corrected chi connectivity index (χ0v) is 11.2. The van der Waals surface area contributed by atoms with Gasteiger partial charge < -0.3 is 14.3 Å². The summed E-state index contributed by atoms with van der Waals surface area (Å²) in [6, 6.07) is 9.63. The van der Waals surface area contributed by atoms with Gasteiger partial charge in [-0.2, -0.15) is 0 Å². The van der Waals surface area contributed by atoms with E-state index in [9.17, 15) is 4.79 Å². The second-order valence-electron chi connectivity index (χ2n) is 4.57. The highest BCUT2D eigenvalue weighted by Gasteiger charge is 2.08. The number of imidazole rings is 1. The number of nitrogens with one attached hydrogen (secondary N) is 1. The second-order valence-corrected chi connectivity index (χ2v) is 4.57. The molecule has 0 bridgehead atoms. The SMILES string of the molecule is Cc1nc2ccccc2n1CCNC(=O)c1ccoc1. The fourth-order valence-electron chi connectivity index (χ4n) is 2.26. The zero-order chi connectivity index (χ0) is 13.9. The number of nitrogens with zero attached hydrogens (tertiary/aromatic N) is 2. The summed E-state index contributed by atoms with van der Waals surface area (Å²) in [5.74, 6) is 0.824. The third-order valence-electron chi connectivity index (χ3n) is 3.25. The molecule has 3 rings (SSSR count). The number of benzene rings is 1. The molecule has 0 aliphatic carbocycles. The van der Waals surface area contributed by atoms with Crippen LogP contribution in [-0.4, -0.2) is 22.0 Å². The predicted octanol–water partition coefficient (Wildman–Crippen LogP) is 2.37. The van der Waals surface area contributed by atoms with Crippen LogP contribution in [0.25, 0.3) is 11.0 Å². The van der Waals surface area contributed by atoms with Crippen LogP contribution in [0.5, 0.6) is 0 Å². The molecule has 0 aliphatic heterocycles. The Kier molecular flexibility index (Phi) is 3.25. The number of para-hydroxylation sites is 2. The molecule has 0 saturated heterocycles. The Morgan fingerprint density at radius 2 is 2.20 bits per heavy atom. The number of carbonyl (C=O) groups is 1. The number of aryl methyl sites for hydroxylation is 1. The van der Waals surface area contributed by atoms with E-state index in [-0.39, 0.29) is 5.91 Å². The Balaban J connectivity index is 1.68. The van der Waals surface area contributed by atoms with Gasteiger partial charge in [-0.25, -0.2) is 4.98 Å². The van der Waals surface area contributed by atoms with Crippen LogP contribution in [0.4, 0.5) is 0 Å². The second kappa shape index (κ2) is 5.21. The first-order valence-electron chi connectivity index (χ1n) is 6.48. The number of amides is 1. The molecule has 1 amide bonds. The molecule has 0 unspecified atom stereocenters. The topological polar surface area (TPSA) is 60.1 Å². The maximum atomic E-state index is 11.8. The molecule has 0 fully saturated rings. The standard InChI is InChI=1S/C15H15N3O2/c1-11-17-13-4-2-3-5-14(13)18(11)8-7-16-15(19)12-6-9-20-10-12/h2-6,9-10H,7-8H2,1H3,(H,16,19). The highest BCUT2D eigenvalue weighted by Crippen LogP contribution is 2.14. The Morgan fingerprint density at radius 1 is 1.35 bits per heavy atom. The van der Waals surface area contributed by atoms with Gasteiger partial charge in [-0.05, 0) is 25.1 Å². The van der Waals surface area contributed by atoms with E-state index in [1.807, 2.05) is 31.2 Å². The van der Waals surface area contributed by atoms with E-state index in [4.69, 9.17) is 4.42 Å². The molecule has 0 radical (unpaired) electrons. The minimum Gasteiger partial charge on any atom is -0.472 e. The number of hydrogen-bond donors (Lipinski definition) is 1. The molecule has 2 aromatic heterocycles. The molecule has 5 heteroatoms. The number of rotatable bonds is 4. The van der Waals surface area contributed by atoms with Crippen LogP contribution in [0.3, 0.4) is 0 Å². The molecule has 1 N–H and O–H groups in total. The lowest BCUT2D eigenvalue weighted by atomic mass is 10.3. The van der Waals surface area contributed by atoms with Crippen LogP contribution >= 0.6 is 0 Å². The fraction of sp³-hybridized carbons (Fsp3) is 0.200. The number of fused-ring (bicyclic) bond motifs is 1. The minimum absolute atomic E-state index is 0.124. The average Bonchev–Trinajstić information content (AvgIpc) is 3.07. The van der Waals surface area contributed by atoms with Crippen molar-refractivity contribution in [3.05, 3.63) is 54.2 Å². The predicted molar refractivity (Wildman–Crippen MR) is 75.5 cm³/mol. The molecule has 1 aromatic carbocycles. The number of hydrogen-bond acceptors (Lipinski definition) is 3. The molecular weight excluding hydrogens is 254 g/mol. The highest BCUT2D eigenvalue weighted by molar-refractivity contribution is 5.93. The smallest absolute Gasteiger partial charge is 0.254 e. The van der Waals surface area contributed by atoms with Gasteiger partial charge in [0.05, 0.1) is 22.9 Å². The molecule has 3 aromatic rings. The Labute approximate surface area is 116 Å². The van der Waals surface area contributed by atoms with Crippen LogP contribution in [0.2, 0.25) is 0 Å². The van der Waals surface area contributed by atoms with Gasteiger partial charge in [0, 0.05) is 13.1 Å². The summed E-state index contributed by atoms with van der Waals surface area (Å²) in [5, 5.41) is 2.87. The first kappa shape index (κ1) is 12.5. The zero-order valence-electron chi connectivity index (χ0n) is 11.2. The lowest BCUT2D eigenvalue weighted by Crippen LogP contribution is -2.27. The van der Waals surface area contributed by atoms with E-state index in [0.29, 0.717) is 18.7 Å². The fourth-order valence-corrected chi connectivity index (χ4v) is 2.26. The maximum absolute atomic E-state index is 11.8. The van der Waals surface area contributed by atoms with Crippen molar-refractivity contribution in [2.75, 3.05) is 6.54 Å². The quantitative estimate of drug-likeness (QED) is 0.791. The van der Waals surface area contributed by atoms with Crippen LogP contribution in [-0.2, 0) is 6.54 Å². The van der Waals surface area contributed by atoms with E-state index < -0.39 is 0 Å². The first-order valence-corrected chi connectivity index (χ1v) is 6.48. The summed E-state index contributed by atoms with van der Waals surface area (Å²) in [6.07, 6.45) is 2.93. The molecule has 0 spiro atoms. The monoisotopic (exact) mass is 269 g/mol. The van der Waals surface area contributed by atoms with Crippen molar-refractivity contribution in [3.63, 3.8) is 0 Å². The average molecular weight is 269 g/mol. The molecular formula is C15H15N3O2. The normalized spacial score (nSPS) is 10.8. The van der Waals surface area contributed by atoms with E-state index in [1.54, 1.807) is 6.07 Å². The van der Waals surface area contributed by atoms with Gasteiger partial charge in [-0.15, -0.1) is 0 Å². The van der Waals surface area contributed by atoms with E-state index in [0.717, 1.165) is 16.9 Å². The van der Waals surface area contributed by atoms with Gasteiger partial charge in [0.15, 0.2) is 0 Å². The van der Waals surface area contributed by atoms with Crippen molar-refractivity contribution in [1.82, 2.24) is 14.9 Å². The van der Waals surface area contributed by atoms with Crippen LogP contribution in [0.15, 0.2) is 47.3 Å². The van der Waals surface area contributed by atoms with E-state index >= 15 is 0 Å². The summed E-state index contributed by atoms with van der Waals surface area (Å²) in [7, 11) is 0. The number of carbonyl (C=O) groups excluding carboxylic acids is 1. The van der Waals surface area contributed by atoms with Crippen LogP contribution in [0.1, 0.15) is 16.2 Å². The van der Waals surface area contributed by atoms with Crippen molar-refractivity contribution >= 4 is 16.9 Å². The molecule has 5 nitrogen and oxygen atoms in total. The molecule has 20 heavy (non-hydrogen) atoms. The molecule has 0 saturated carbocycles. The van der Waals surface area contributed by atoms with Gasteiger partial charge in [0.25, 0.3) is 5.91 Å². The summed E-state index contributed by atoms with van der Waals surface area (Å²) >= 11 is 0. The van der Waals surface area contributed by atoms with Gasteiger partial charge >= 0.3 is 0 Å². The van der Waals surface area contributed by atoms with Crippen LogP contribution in [0, 0.1) is 6.92 Å². The van der Waals surface area contributed by atoms with Gasteiger partial charge in [-0.3, -0.25) is 4.79 Å². The number of furan rings is 1. The molecule has 102 valence electrons. The van der Waals surface area contributed by atoms with Crippen molar-refractivity contribution in [2.45, 2.75) is 13.5 Å². The number of aromatic nitrogens is 2. The van der Waals surface area contributed by atoms with Crippen LogP contribution < -0.4 is 5.32 Å². The minimum atomic E-state index is -0.124. The Bertz CT molecular complexity index is 729. The van der Waals surface area contributed by atoms with Crippen molar-refractivity contribution in [2.24, 2.45) is 0 Å². The Hall–Kier alpha value is -2.56. The first-order chi connectivity index (χ1) is 9.75. The Morgan fingerprint density at radius 3 is 3.00 bits per heavy atom. The largest absolute Gasteiger partial charge is 0.472 e. The van der Waals surface area contributed by atoms with Gasteiger partial charge in [0.2, 0.25) is 0 Å². The molecule has 0 atom stereocenters. The van der Waals surface area contributed by atoms with E-state index in [2.05, 4.69) is 14.9 Å². The third-order valence-corrected chi connectivity index (χ3v) is 3.25.